The van der Waals surface area contributed by atoms with E-state index in [2.05, 4.69) is 5.32 Å². The number of carbonyl (C=O) groups excluding carboxylic acids is 1. The van der Waals surface area contributed by atoms with Gasteiger partial charge in [0, 0.05) is 31.0 Å². The molecule has 0 spiro atoms. The summed E-state index contributed by atoms with van der Waals surface area (Å²) in [6, 6.07) is 4.97. The topological polar surface area (TPSA) is 66.5 Å². The van der Waals surface area contributed by atoms with Gasteiger partial charge in [0.05, 0.1) is 4.90 Å². The van der Waals surface area contributed by atoms with Crippen molar-refractivity contribution >= 4 is 28.2 Å². The molecule has 0 saturated carbocycles. The summed E-state index contributed by atoms with van der Waals surface area (Å²) >= 11 is 0. The van der Waals surface area contributed by atoms with Crippen LogP contribution in [0.15, 0.2) is 23.1 Å². The van der Waals surface area contributed by atoms with E-state index in [1.54, 1.807) is 12.1 Å². The summed E-state index contributed by atoms with van der Waals surface area (Å²) in [5.74, 6) is -0.0708. The molecule has 1 aliphatic heterocycles. The standard InChI is InChI=1S/C16H24N2O3S.ClH/c1-4-9-18(13-7-8-17-11-13)16(19)15-10-14(22(3,20)21)6-5-12(15)2;/h5-6,10,13,17H,4,7-9,11H2,1-3H3;1H. The number of nitrogens with zero attached hydrogens (tertiary/aromatic N) is 1. The Hall–Kier alpha value is -1.11. The number of nitrogens with one attached hydrogen (secondary N) is 1. The molecule has 1 saturated heterocycles. The largest absolute Gasteiger partial charge is 0.334 e. The molecule has 0 radical (unpaired) electrons. The summed E-state index contributed by atoms with van der Waals surface area (Å²) < 4.78 is 23.5. The average molecular weight is 361 g/mol. The number of carbonyl (C=O) groups is 1. The minimum atomic E-state index is -3.32. The first kappa shape index (κ1) is 19.9. The molecule has 5 nitrogen and oxygen atoms in total. The summed E-state index contributed by atoms with van der Waals surface area (Å²) in [7, 11) is -3.32. The molecule has 0 aliphatic carbocycles. The number of rotatable bonds is 5. The predicted molar refractivity (Wildman–Crippen MR) is 94.1 cm³/mol. The van der Waals surface area contributed by atoms with E-state index in [1.807, 2.05) is 18.7 Å². The van der Waals surface area contributed by atoms with Gasteiger partial charge in [-0.05, 0) is 44.0 Å². The minimum Gasteiger partial charge on any atom is -0.334 e. The zero-order valence-electron chi connectivity index (χ0n) is 13.8. The van der Waals surface area contributed by atoms with E-state index in [4.69, 9.17) is 0 Å². The second-order valence-electron chi connectivity index (χ2n) is 5.89. The molecule has 1 atom stereocenters. The van der Waals surface area contributed by atoms with Gasteiger partial charge >= 0.3 is 0 Å². The summed E-state index contributed by atoms with van der Waals surface area (Å²) in [5, 5.41) is 3.28. The third-order valence-electron chi connectivity index (χ3n) is 4.07. The fourth-order valence-corrected chi connectivity index (χ4v) is 3.46. The molecule has 0 aromatic heterocycles. The molecule has 1 aromatic rings. The van der Waals surface area contributed by atoms with Gasteiger partial charge in [-0.3, -0.25) is 4.79 Å². The molecule has 2 rings (SSSR count). The number of aryl methyl sites for hydroxylation is 1. The second kappa shape index (κ2) is 8.13. The van der Waals surface area contributed by atoms with Gasteiger partial charge in [-0.25, -0.2) is 8.42 Å². The van der Waals surface area contributed by atoms with Crippen molar-refractivity contribution in [1.29, 1.82) is 0 Å². The number of benzene rings is 1. The molecule has 1 aliphatic rings. The first-order valence-corrected chi connectivity index (χ1v) is 9.56. The first-order chi connectivity index (χ1) is 10.3. The lowest BCUT2D eigenvalue weighted by atomic mass is 10.1. The lowest BCUT2D eigenvalue weighted by molar-refractivity contribution is 0.0691. The quantitative estimate of drug-likeness (QED) is 0.872. The fraction of sp³-hybridized carbons (Fsp3) is 0.562. The number of hydrogen-bond donors (Lipinski definition) is 1. The van der Waals surface area contributed by atoms with Crippen LogP contribution in [0.5, 0.6) is 0 Å². The Labute approximate surface area is 144 Å². The van der Waals surface area contributed by atoms with Crippen LogP contribution >= 0.6 is 12.4 Å². The molecule has 1 aromatic carbocycles. The van der Waals surface area contributed by atoms with Gasteiger partial charge in [0.2, 0.25) is 0 Å². The molecule has 130 valence electrons. The molecular formula is C16H25ClN2O3S. The van der Waals surface area contributed by atoms with Gasteiger partial charge in [0.25, 0.3) is 5.91 Å². The van der Waals surface area contributed by atoms with Crippen molar-refractivity contribution < 1.29 is 13.2 Å². The Balaban J connectivity index is 0.00000264. The van der Waals surface area contributed by atoms with Crippen molar-refractivity contribution in [3.05, 3.63) is 29.3 Å². The van der Waals surface area contributed by atoms with Gasteiger partial charge in [-0.1, -0.05) is 13.0 Å². The van der Waals surface area contributed by atoms with Crippen LogP contribution in [0.25, 0.3) is 0 Å². The van der Waals surface area contributed by atoms with E-state index < -0.39 is 9.84 Å². The maximum Gasteiger partial charge on any atom is 0.254 e. The highest BCUT2D eigenvalue weighted by Gasteiger charge is 2.28. The minimum absolute atomic E-state index is 0. The third-order valence-corrected chi connectivity index (χ3v) is 5.18. The Kier molecular flexibility index (Phi) is 7.04. The maximum absolute atomic E-state index is 12.9. The van der Waals surface area contributed by atoms with E-state index in [9.17, 15) is 13.2 Å². The van der Waals surface area contributed by atoms with Gasteiger partial charge in [0.15, 0.2) is 9.84 Å². The van der Waals surface area contributed by atoms with Crippen molar-refractivity contribution in [3.63, 3.8) is 0 Å². The van der Waals surface area contributed by atoms with Gasteiger partial charge < -0.3 is 10.2 Å². The van der Waals surface area contributed by atoms with Crippen LogP contribution < -0.4 is 5.32 Å². The highest BCUT2D eigenvalue weighted by Crippen LogP contribution is 2.20. The normalized spacial score (nSPS) is 17.6. The maximum atomic E-state index is 12.9. The number of sulfone groups is 1. The van der Waals surface area contributed by atoms with Gasteiger partial charge in [-0.15, -0.1) is 12.4 Å². The summed E-state index contributed by atoms with van der Waals surface area (Å²) in [4.78, 5) is 15.0. The Morgan fingerprint density at radius 3 is 2.61 bits per heavy atom. The monoisotopic (exact) mass is 360 g/mol. The van der Waals surface area contributed by atoms with Gasteiger partial charge in [-0.2, -0.15) is 0 Å². The van der Waals surface area contributed by atoms with Crippen LogP contribution in [0.1, 0.15) is 35.7 Å². The second-order valence-corrected chi connectivity index (χ2v) is 7.91. The third kappa shape index (κ3) is 4.68. The lowest BCUT2D eigenvalue weighted by Crippen LogP contribution is -2.42. The van der Waals surface area contributed by atoms with Crippen molar-refractivity contribution in [2.75, 3.05) is 25.9 Å². The average Bonchev–Trinajstić information content (AvgIpc) is 2.97. The molecule has 23 heavy (non-hydrogen) atoms. The van der Waals surface area contributed by atoms with E-state index in [1.165, 1.54) is 6.07 Å². The van der Waals surface area contributed by atoms with Crippen LogP contribution in [0, 0.1) is 6.92 Å². The van der Waals surface area contributed by atoms with E-state index in [0.717, 1.165) is 37.8 Å². The van der Waals surface area contributed by atoms with Crippen LogP contribution in [0.2, 0.25) is 0 Å². The Bertz CT molecular complexity index is 655. The number of halogens is 1. The predicted octanol–water partition coefficient (Wildman–Crippen LogP) is 2.03. The fourth-order valence-electron chi connectivity index (χ4n) is 2.81. The number of amides is 1. The summed E-state index contributed by atoms with van der Waals surface area (Å²) in [6.07, 6.45) is 2.99. The molecule has 7 heteroatoms. The Morgan fingerprint density at radius 1 is 1.39 bits per heavy atom. The first-order valence-electron chi connectivity index (χ1n) is 7.67. The zero-order chi connectivity index (χ0) is 16.3. The van der Waals surface area contributed by atoms with Gasteiger partial charge in [0.1, 0.15) is 0 Å². The SMILES string of the molecule is CCCN(C(=O)c1cc(S(C)(=O)=O)ccc1C)C1CCNC1.Cl. The van der Waals surface area contributed by atoms with Crippen molar-refractivity contribution in [2.45, 2.75) is 37.6 Å². The summed E-state index contributed by atoms with van der Waals surface area (Å²) in [5.41, 5.74) is 1.30. The molecular weight excluding hydrogens is 336 g/mol. The van der Waals surface area contributed by atoms with Crippen LogP contribution in [0.3, 0.4) is 0 Å². The zero-order valence-corrected chi connectivity index (χ0v) is 15.5. The van der Waals surface area contributed by atoms with E-state index in [0.29, 0.717) is 12.1 Å². The van der Waals surface area contributed by atoms with E-state index in [-0.39, 0.29) is 29.3 Å². The van der Waals surface area contributed by atoms with Crippen LogP contribution in [0.4, 0.5) is 0 Å². The molecule has 1 N–H and O–H groups in total. The Morgan fingerprint density at radius 2 is 2.09 bits per heavy atom. The van der Waals surface area contributed by atoms with E-state index >= 15 is 0 Å². The van der Waals surface area contributed by atoms with Crippen molar-refractivity contribution in [2.24, 2.45) is 0 Å². The smallest absolute Gasteiger partial charge is 0.254 e. The van der Waals surface area contributed by atoms with Crippen molar-refractivity contribution in [3.8, 4) is 0 Å². The number of hydrogen-bond acceptors (Lipinski definition) is 4. The molecule has 1 amide bonds. The van der Waals surface area contributed by atoms with Crippen LogP contribution in [-0.4, -0.2) is 51.2 Å². The molecule has 1 heterocycles. The highest BCUT2D eigenvalue weighted by molar-refractivity contribution is 7.90. The van der Waals surface area contributed by atoms with Crippen molar-refractivity contribution in [1.82, 2.24) is 10.2 Å². The molecule has 0 bridgehead atoms. The lowest BCUT2D eigenvalue weighted by Gasteiger charge is -2.29. The van der Waals surface area contributed by atoms with Crippen LogP contribution in [-0.2, 0) is 9.84 Å². The summed E-state index contributed by atoms with van der Waals surface area (Å²) in [6.45, 7) is 6.30. The molecule has 1 unspecified atom stereocenters. The molecule has 1 fully saturated rings. The highest BCUT2D eigenvalue weighted by atomic mass is 35.5.